The number of hydrogen-bond donors (Lipinski definition) is 1. The molecule has 2 N–H and O–H groups in total. The maximum absolute atomic E-state index is 11.4. The maximum atomic E-state index is 11.4. The molecule has 0 aliphatic rings. The van der Waals surface area contributed by atoms with Gasteiger partial charge in [0.25, 0.3) is 0 Å². The number of nitrogens with two attached hydrogens (primary N) is 1. The molecule has 0 unspecified atom stereocenters. The summed E-state index contributed by atoms with van der Waals surface area (Å²) in [7, 11) is -2.02. The molecule has 0 aliphatic heterocycles. The van der Waals surface area contributed by atoms with Crippen LogP contribution in [0.3, 0.4) is 0 Å². The summed E-state index contributed by atoms with van der Waals surface area (Å²) in [4.78, 5) is 4.12. The zero-order chi connectivity index (χ0) is 16.6. The quantitative estimate of drug-likeness (QED) is 0.787. The average Bonchev–Trinajstić information content (AvgIpc) is 2.92. The molecule has 8 heteroatoms. The fraction of sp³-hybridized carbons (Fsp3) is 0.0667. The highest BCUT2D eigenvalue weighted by Gasteiger charge is 2.14. The Morgan fingerprint density at radius 3 is 2.39 bits per heavy atom. The second-order valence-electron chi connectivity index (χ2n) is 4.98. The lowest BCUT2D eigenvalue weighted by atomic mass is 10.0. The van der Waals surface area contributed by atoms with Gasteiger partial charge in [-0.2, -0.15) is 5.10 Å². The number of rotatable bonds is 3. The van der Waals surface area contributed by atoms with E-state index in [9.17, 15) is 8.42 Å². The van der Waals surface area contributed by atoms with Gasteiger partial charge < -0.3 is 0 Å². The molecular weight excluding hydrogens is 336 g/mol. The van der Waals surface area contributed by atoms with Crippen LogP contribution in [0.4, 0.5) is 0 Å². The molecule has 3 aromatic rings. The number of halogens is 1. The number of nitrogens with zero attached hydrogens (tertiary/aromatic N) is 3. The summed E-state index contributed by atoms with van der Waals surface area (Å²) < 4.78 is 24.5. The Kier molecular flexibility index (Phi) is 3.93. The molecule has 3 rings (SSSR count). The van der Waals surface area contributed by atoms with E-state index in [0.29, 0.717) is 0 Å². The van der Waals surface area contributed by atoms with E-state index in [0.717, 1.165) is 22.5 Å². The van der Waals surface area contributed by atoms with E-state index >= 15 is 0 Å². The summed E-state index contributed by atoms with van der Waals surface area (Å²) in [5, 5.41) is 9.26. The third-order valence-corrected chi connectivity index (χ3v) is 4.80. The third kappa shape index (κ3) is 3.12. The second-order valence-corrected chi connectivity index (χ2v) is 6.92. The highest BCUT2D eigenvalue weighted by Crippen LogP contribution is 2.29. The van der Waals surface area contributed by atoms with Crippen molar-refractivity contribution in [1.82, 2.24) is 14.8 Å². The Bertz CT molecular complexity index is 983. The lowest BCUT2D eigenvalue weighted by Crippen LogP contribution is -2.12. The van der Waals surface area contributed by atoms with Gasteiger partial charge in [0, 0.05) is 12.6 Å². The van der Waals surface area contributed by atoms with Crippen molar-refractivity contribution in [2.75, 3.05) is 0 Å². The molecule has 6 nitrogen and oxygen atoms in total. The lowest BCUT2D eigenvalue weighted by molar-refractivity contribution is 0.598. The summed E-state index contributed by atoms with van der Waals surface area (Å²) in [6, 6.07) is 12.3. The molecule has 0 amide bonds. The highest BCUT2D eigenvalue weighted by atomic mass is 35.5. The Labute approximate surface area is 138 Å². The van der Waals surface area contributed by atoms with Gasteiger partial charge in [0.2, 0.25) is 10.0 Å². The lowest BCUT2D eigenvalue weighted by Gasteiger charge is -2.08. The molecule has 0 saturated heterocycles. The minimum absolute atomic E-state index is 0.0904. The zero-order valence-corrected chi connectivity index (χ0v) is 13.7. The number of hydrogen-bond acceptors (Lipinski definition) is 4. The topological polar surface area (TPSA) is 90.9 Å². The monoisotopic (exact) mass is 348 g/mol. The van der Waals surface area contributed by atoms with E-state index < -0.39 is 10.0 Å². The van der Waals surface area contributed by atoms with Crippen molar-refractivity contribution in [2.45, 2.75) is 4.90 Å². The Morgan fingerprint density at radius 2 is 1.78 bits per heavy atom. The van der Waals surface area contributed by atoms with Gasteiger partial charge in [-0.15, -0.1) is 0 Å². The van der Waals surface area contributed by atoms with Crippen LogP contribution >= 0.6 is 11.6 Å². The first-order chi connectivity index (χ1) is 10.9. The molecular formula is C15H13ClN4O2S. The number of aromatic nitrogens is 3. The number of primary sulfonamides is 1. The standard InChI is InChI=1S/C15H13ClN4O2S/c1-20-15(18-9-19-20)12-4-2-3-10(7-12)11-5-6-14(13(16)8-11)23(17,21)22/h2-9H,1H3,(H2,17,21,22). The van der Waals surface area contributed by atoms with E-state index in [1.807, 2.05) is 31.3 Å². The van der Waals surface area contributed by atoms with E-state index in [2.05, 4.69) is 10.1 Å². The van der Waals surface area contributed by atoms with Crippen molar-refractivity contribution in [1.29, 1.82) is 0 Å². The van der Waals surface area contributed by atoms with Crippen LogP contribution in [0.15, 0.2) is 53.7 Å². The van der Waals surface area contributed by atoms with E-state index in [1.165, 1.54) is 12.4 Å². The van der Waals surface area contributed by atoms with Crippen molar-refractivity contribution in [3.63, 3.8) is 0 Å². The summed E-state index contributed by atoms with van der Waals surface area (Å²) >= 11 is 6.04. The SMILES string of the molecule is Cn1ncnc1-c1cccc(-c2ccc(S(N)(=O)=O)c(Cl)c2)c1. The van der Waals surface area contributed by atoms with Crippen LogP contribution in [-0.2, 0) is 17.1 Å². The summed E-state index contributed by atoms with van der Waals surface area (Å²) in [5.74, 6) is 0.735. The largest absolute Gasteiger partial charge is 0.249 e. The van der Waals surface area contributed by atoms with Crippen LogP contribution < -0.4 is 5.14 Å². The third-order valence-electron chi connectivity index (χ3n) is 3.40. The Hall–Kier alpha value is -2.22. The van der Waals surface area contributed by atoms with Gasteiger partial charge >= 0.3 is 0 Å². The van der Waals surface area contributed by atoms with Crippen LogP contribution in [0.2, 0.25) is 5.02 Å². The molecule has 0 radical (unpaired) electrons. The van der Waals surface area contributed by atoms with Gasteiger partial charge in [-0.3, -0.25) is 0 Å². The minimum atomic E-state index is -3.84. The fourth-order valence-electron chi connectivity index (χ4n) is 2.31. The predicted octanol–water partition coefficient (Wildman–Crippen LogP) is 2.45. The van der Waals surface area contributed by atoms with Gasteiger partial charge in [-0.25, -0.2) is 23.2 Å². The van der Waals surface area contributed by atoms with E-state index in [4.69, 9.17) is 16.7 Å². The highest BCUT2D eigenvalue weighted by molar-refractivity contribution is 7.89. The van der Waals surface area contributed by atoms with Crippen LogP contribution in [0.1, 0.15) is 0 Å². The molecule has 0 fully saturated rings. The fourth-order valence-corrected chi connectivity index (χ4v) is 3.40. The molecule has 0 atom stereocenters. The van der Waals surface area contributed by atoms with Crippen molar-refractivity contribution in [3.05, 3.63) is 53.8 Å². The summed E-state index contributed by atoms with van der Waals surface area (Å²) in [5.41, 5.74) is 2.56. The molecule has 0 spiro atoms. The average molecular weight is 349 g/mol. The van der Waals surface area contributed by atoms with Crippen LogP contribution in [0, 0.1) is 0 Å². The van der Waals surface area contributed by atoms with Crippen LogP contribution in [-0.4, -0.2) is 23.2 Å². The molecule has 23 heavy (non-hydrogen) atoms. The number of benzene rings is 2. The first-order valence-corrected chi connectivity index (χ1v) is 8.56. The van der Waals surface area contributed by atoms with Crippen molar-refractivity contribution < 1.29 is 8.42 Å². The molecule has 0 bridgehead atoms. The van der Waals surface area contributed by atoms with Gasteiger partial charge in [0.05, 0.1) is 5.02 Å². The number of aryl methyl sites for hydroxylation is 1. The van der Waals surface area contributed by atoms with Crippen LogP contribution in [0.25, 0.3) is 22.5 Å². The maximum Gasteiger partial charge on any atom is 0.239 e. The van der Waals surface area contributed by atoms with Gasteiger partial charge in [0.15, 0.2) is 5.82 Å². The molecule has 2 aromatic carbocycles. The second kappa shape index (κ2) is 5.77. The molecule has 118 valence electrons. The molecule has 1 heterocycles. The summed E-state index contributed by atoms with van der Waals surface area (Å²) in [6.45, 7) is 0. The van der Waals surface area contributed by atoms with Crippen molar-refractivity contribution in [3.8, 4) is 22.5 Å². The predicted molar refractivity (Wildman–Crippen MR) is 88.3 cm³/mol. The Balaban J connectivity index is 2.07. The smallest absolute Gasteiger partial charge is 0.239 e. The number of sulfonamides is 1. The van der Waals surface area contributed by atoms with Gasteiger partial charge in [0.1, 0.15) is 11.2 Å². The van der Waals surface area contributed by atoms with E-state index in [1.54, 1.807) is 16.8 Å². The molecule has 0 aliphatic carbocycles. The Morgan fingerprint density at radius 1 is 1.09 bits per heavy atom. The van der Waals surface area contributed by atoms with Crippen molar-refractivity contribution in [2.24, 2.45) is 12.2 Å². The normalized spacial score (nSPS) is 11.6. The van der Waals surface area contributed by atoms with Crippen molar-refractivity contribution >= 4 is 21.6 Å². The zero-order valence-electron chi connectivity index (χ0n) is 12.1. The van der Waals surface area contributed by atoms with E-state index in [-0.39, 0.29) is 9.92 Å². The molecule has 1 aromatic heterocycles. The molecule has 0 saturated carbocycles. The minimum Gasteiger partial charge on any atom is -0.249 e. The van der Waals surface area contributed by atoms with Gasteiger partial charge in [-0.1, -0.05) is 35.9 Å². The van der Waals surface area contributed by atoms with Crippen LogP contribution in [0.5, 0.6) is 0 Å². The first kappa shape index (κ1) is 15.7. The first-order valence-electron chi connectivity index (χ1n) is 6.63. The summed E-state index contributed by atoms with van der Waals surface area (Å²) in [6.07, 6.45) is 1.49. The van der Waals surface area contributed by atoms with Gasteiger partial charge in [-0.05, 0) is 29.3 Å².